The van der Waals surface area contributed by atoms with Crippen LogP contribution in [0.3, 0.4) is 0 Å². The molecule has 2 rings (SSSR count). The van der Waals surface area contributed by atoms with E-state index >= 15 is 0 Å². The van der Waals surface area contributed by atoms with Gasteiger partial charge in [0.25, 0.3) is 0 Å². The van der Waals surface area contributed by atoms with Gasteiger partial charge in [0.2, 0.25) is 0 Å². The van der Waals surface area contributed by atoms with Crippen molar-refractivity contribution in [2.24, 2.45) is 0 Å². The normalized spacial score (nSPS) is 11.0. The Morgan fingerprint density at radius 1 is 0.800 bits per heavy atom. The van der Waals surface area contributed by atoms with Crippen LogP contribution in [-0.2, 0) is 0 Å². The Hall–Kier alpha value is -0.720. The number of aryl methyl sites for hydroxylation is 2. The molecule has 0 unspecified atom stereocenters. The average molecular weight is 239 g/mol. The molecule has 0 nitrogen and oxygen atoms in total. The summed E-state index contributed by atoms with van der Waals surface area (Å²) in [5.41, 5.74) is 3.40. The van der Waals surface area contributed by atoms with Crippen molar-refractivity contribution in [2.75, 3.05) is 0 Å². The van der Waals surface area contributed by atoms with Crippen LogP contribution < -0.4 is 0 Å². The van der Waals surface area contributed by atoms with Crippen molar-refractivity contribution in [2.45, 2.75) is 20.8 Å². The second-order valence-corrected chi connectivity index (χ2v) is 4.68. The van der Waals surface area contributed by atoms with Crippen LogP contribution >= 0.6 is 23.2 Å². The number of hydrogen-bond donors (Lipinski definition) is 0. The molecule has 2 heteroatoms. The van der Waals surface area contributed by atoms with Crippen molar-refractivity contribution in [3.8, 4) is 0 Å². The second-order valence-electron chi connectivity index (χ2n) is 3.92. The van der Waals surface area contributed by atoms with Gasteiger partial charge in [-0.15, -0.1) is 0 Å². The summed E-state index contributed by atoms with van der Waals surface area (Å²) >= 11 is 12.6. The van der Waals surface area contributed by atoms with Crippen molar-refractivity contribution in [3.63, 3.8) is 0 Å². The monoisotopic (exact) mass is 238 g/mol. The summed E-state index contributed by atoms with van der Waals surface area (Å²) < 4.78 is 0. The van der Waals surface area contributed by atoms with E-state index in [0.717, 1.165) is 31.9 Å². The third-order valence-electron chi connectivity index (χ3n) is 2.89. The highest BCUT2D eigenvalue weighted by molar-refractivity contribution is 6.40. The topological polar surface area (TPSA) is 0 Å². The molecule has 0 aromatic heterocycles. The maximum absolute atomic E-state index is 6.30. The van der Waals surface area contributed by atoms with Gasteiger partial charge in [-0.25, -0.2) is 0 Å². The van der Waals surface area contributed by atoms with E-state index in [9.17, 15) is 0 Å². The molecule has 0 saturated carbocycles. The van der Waals surface area contributed by atoms with Gasteiger partial charge in [-0.3, -0.25) is 0 Å². The van der Waals surface area contributed by atoms with Gasteiger partial charge >= 0.3 is 0 Å². The van der Waals surface area contributed by atoms with Gasteiger partial charge in [0.15, 0.2) is 0 Å². The predicted octanol–water partition coefficient (Wildman–Crippen LogP) is 5.07. The molecule has 0 spiro atoms. The summed E-state index contributed by atoms with van der Waals surface area (Å²) in [4.78, 5) is 0. The molecule has 78 valence electrons. The summed E-state index contributed by atoms with van der Waals surface area (Å²) in [5, 5.41) is 3.70. The molecule has 0 N–H and O–H groups in total. The number of halogens is 2. The number of rotatable bonds is 0. The van der Waals surface area contributed by atoms with Gasteiger partial charge in [0.05, 0.1) is 10.0 Å². The van der Waals surface area contributed by atoms with Crippen molar-refractivity contribution in [1.82, 2.24) is 0 Å². The molecule has 0 radical (unpaired) electrons. The van der Waals surface area contributed by atoms with Gasteiger partial charge in [-0.2, -0.15) is 0 Å². The van der Waals surface area contributed by atoms with E-state index in [0.29, 0.717) is 0 Å². The van der Waals surface area contributed by atoms with E-state index in [1.807, 2.05) is 26.0 Å². The van der Waals surface area contributed by atoms with Crippen LogP contribution in [0.1, 0.15) is 16.7 Å². The molecule has 0 aliphatic rings. The van der Waals surface area contributed by atoms with Crippen LogP contribution in [0, 0.1) is 20.8 Å². The van der Waals surface area contributed by atoms with Gasteiger partial charge < -0.3 is 0 Å². The highest BCUT2D eigenvalue weighted by Gasteiger charge is 2.09. The molecule has 0 atom stereocenters. The first kappa shape index (κ1) is 10.8. The summed E-state index contributed by atoms with van der Waals surface area (Å²) in [6.07, 6.45) is 0. The van der Waals surface area contributed by atoms with E-state index in [1.54, 1.807) is 0 Å². The summed E-state index contributed by atoms with van der Waals surface area (Å²) in [5.74, 6) is 0. The summed E-state index contributed by atoms with van der Waals surface area (Å²) in [6.45, 7) is 6.09. The SMILES string of the molecule is Cc1cc2c(Cl)c(C)ccc2c(Cl)c1C. The molecule has 0 heterocycles. The Morgan fingerprint density at radius 3 is 2.13 bits per heavy atom. The van der Waals surface area contributed by atoms with Crippen LogP contribution in [0.2, 0.25) is 10.0 Å². The summed E-state index contributed by atoms with van der Waals surface area (Å²) in [7, 11) is 0. The largest absolute Gasteiger partial charge is 0.0834 e. The molecular weight excluding hydrogens is 227 g/mol. The minimum Gasteiger partial charge on any atom is -0.0834 e. The van der Waals surface area contributed by atoms with Crippen LogP contribution in [0.25, 0.3) is 10.8 Å². The molecule has 0 bridgehead atoms. The van der Waals surface area contributed by atoms with Crippen molar-refractivity contribution >= 4 is 34.0 Å². The highest BCUT2D eigenvalue weighted by atomic mass is 35.5. The first-order chi connectivity index (χ1) is 7.02. The van der Waals surface area contributed by atoms with E-state index < -0.39 is 0 Å². The van der Waals surface area contributed by atoms with Crippen LogP contribution in [0.4, 0.5) is 0 Å². The third-order valence-corrected chi connectivity index (χ3v) is 3.88. The zero-order valence-electron chi connectivity index (χ0n) is 8.99. The maximum atomic E-state index is 6.30. The molecule has 0 amide bonds. The molecular formula is C13H12Cl2. The van der Waals surface area contributed by atoms with Crippen molar-refractivity contribution in [1.29, 1.82) is 0 Å². The quantitative estimate of drug-likeness (QED) is 0.601. The minimum atomic E-state index is 0.803. The molecule has 15 heavy (non-hydrogen) atoms. The Kier molecular flexibility index (Phi) is 2.66. The van der Waals surface area contributed by atoms with Gasteiger partial charge in [-0.05, 0) is 43.5 Å². The lowest BCUT2D eigenvalue weighted by Crippen LogP contribution is -1.87. The van der Waals surface area contributed by atoms with Crippen LogP contribution in [0.15, 0.2) is 18.2 Å². The maximum Gasteiger partial charge on any atom is 0.0516 e. The number of hydrogen-bond acceptors (Lipinski definition) is 0. The lowest BCUT2D eigenvalue weighted by atomic mass is 10.0. The Labute approximate surface area is 99.8 Å². The molecule has 2 aromatic carbocycles. The lowest BCUT2D eigenvalue weighted by molar-refractivity contribution is 1.36. The van der Waals surface area contributed by atoms with Crippen molar-refractivity contribution < 1.29 is 0 Å². The fourth-order valence-electron chi connectivity index (χ4n) is 1.73. The Balaban J connectivity index is 2.98. The van der Waals surface area contributed by atoms with Gasteiger partial charge in [0.1, 0.15) is 0 Å². The Morgan fingerprint density at radius 2 is 1.47 bits per heavy atom. The molecule has 0 fully saturated rings. The van der Waals surface area contributed by atoms with E-state index in [2.05, 4.69) is 13.0 Å². The second kappa shape index (κ2) is 3.70. The smallest absolute Gasteiger partial charge is 0.0516 e. The first-order valence-electron chi connectivity index (χ1n) is 4.87. The minimum absolute atomic E-state index is 0.803. The van der Waals surface area contributed by atoms with E-state index in [4.69, 9.17) is 23.2 Å². The van der Waals surface area contributed by atoms with E-state index in [-0.39, 0.29) is 0 Å². The van der Waals surface area contributed by atoms with Crippen LogP contribution in [0.5, 0.6) is 0 Å². The highest BCUT2D eigenvalue weighted by Crippen LogP contribution is 2.34. The Bertz CT molecular complexity index is 542. The molecule has 2 aromatic rings. The number of fused-ring (bicyclic) bond motifs is 1. The molecule has 0 aliphatic heterocycles. The van der Waals surface area contributed by atoms with Crippen molar-refractivity contribution in [3.05, 3.63) is 44.9 Å². The lowest BCUT2D eigenvalue weighted by Gasteiger charge is -2.10. The molecule has 0 saturated heterocycles. The number of benzene rings is 2. The fourth-order valence-corrected chi connectivity index (χ4v) is 2.27. The summed E-state index contributed by atoms with van der Waals surface area (Å²) in [6, 6.07) is 6.14. The zero-order valence-corrected chi connectivity index (χ0v) is 10.5. The van der Waals surface area contributed by atoms with Gasteiger partial charge in [-0.1, -0.05) is 35.3 Å². The van der Waals surface area contributed by atoms with E-state index in [1.165, 1.54) is 5.56 Å². The molecule has 0 aliphatic carbocycles. The average Bonchev–Trinajstić information content (AvgIpc) is 2.21. The third kappa shape index (κ3) is 1.62. The van der Waals surface area contributed by atoms with Crippen LogP contribution in [-0.4, -0.2) is 0 Å². The standard InChI is InChI=1S/C13H12Cl2/c1-7-4-5-10-11(12(7)14)6-8(2)9(3)13(10)15/h4-6H,1-3H3. The predicted molar refractivity (Wildman–Crippen MR) is 68.2 cm³/mol. The zero-order chi connectivity index (χ0) is 11.2. The van der Waals surface area contributed by atoms with Gasteiger partial charge in [0, 0.05) is 10.8 Å². The first-order valence-corrected chi connectivity index (χ1v) is 5.62. The fraction of sp³-hybridized carbons (Fsp3) is 0.231.